The fourth-order valence-corrected chi connectivity index (χ4v) is 2.47. The van der Waals surface area contributed by atoms with Crippen molar-refractivity contribution in [3.05, 3.63) is 51.8 Å². The van der Waals surface area contributed by atoms with E-state index in [1.165, 1.54) is 6.07 Å². The van der Waals surface area contributed by atoms with Gasteiger partial charge in [0.2, 0.25) is 0 Å². The zero-order valence-corrected chi connectivity index (χ0v) is 12.5. The Balaban J connectivity index is 2.49. The van der Waals surface area contributed by atoms with Gasteiger partial charge in [0.25, 0.3) is 0 Å². The van der Waals surface area contributed by atoms with Crippen LogP contribution in [0.4, 0.5) is 13.2 Å². The van der Waals surface area contributed by atoms with Gasteiger partial charge < -0.3 is 5.32 Å². The maximum absolute atomic E-state index is 12.8. The molecule has 7 heteroatoms. The van der Waals surface area contributed by atoms with Gasteiger partial charge in [0.1, 0.15) is 0 Å². The molecule has 0 aliphatic heterocycles. The van der Waals surface area contributed by atoms with E-state index in [0.29, 0.717) is 15.7 Å². The van der Waals surface area contributed by atoms with Crippen LogP contribution in [-0.4, -0.2) is 16.8 Å². The molecular weight excluding hydrogens is 335 g/mol. The third-order valence-electron chi connectivity index (χ3n) is 2.95. The van der Waals surface area contributed by atoms with Crippen molar-refractivity contribution in [2.24, 2.45) is 7.05 Å². The normalized spacial score (nSPS) is 13.5. The highest BCUT2D eigenvalue weighted by Crippen LogP contribution is 2.35. The minimum absolute atomic E-state index is 0.409. The molecule has 0 saturated carbocycles. The highest BCUT2D eigenvalue weighted by molar-refractivity contribution is 9.10. The van der Waals surface area contributed by atoms with Gasteiger partial charge in [0, 0.05) is 17.7 Å². The van der Waals surface area contributed by atoms with E-state index in [9.17, 15) is 13.2 Å². The van der Waals surface area contributed by atoms with Gasteiger partial charge in [0.15, 0.2) is 0 Å². The molecule has 1 unspecified atom stereocenters. The third kappa shape index (κ3) is 3.04. The molecule has 108 valence electrons. The van der Waals surface area contributed by atoms with Gasteiger partial charge in [0.05, 0.1) is 17.3 Å². The molecule has 0 radical (unpaired) electrons. The molecule has 3 nitrogen and oxygen atoms in total. The van der Waals surface area contributed by atoms with Crippen molar-refractivity contribution < 1.29 is 13.2 Å². The summed E-state index contributed by atoms with van der Waals surface area (Å²) in [6.07, 6.45) is -2.61. The lowest BCUT2D eigenvalue weighted by molar-refractivity contribution is -0.137. The average Bonchev–Trinajstić information content (AvgIpc) is 2.77. The van der Waals surface area contributed by atoms with Gasteiger partial charge in [-0.1, -0.05) is 15.9 Å². The van der Waals surface area contributed by atoms with Crippen molar-refractivity contribution in [1.82, 2.24) is 15.1 Å². The molecule has 0 saturated heterocycles. The number of aromatic nitrogens is 2. The van der Waals surface area contributed by atoms with Crippen LogP contribution in [-0.2, 0) is 13.2 Å². The van der Waals surface area contributed by atoms with E-state index in [2.05, 4.69) is 26.3 Å². The summed E-state index contributed by atoms with van der Waals surface area (Å²) in [4.78, 5) is 0. The van der Waals surface area contributed by atoms with Gasteiger partial charge >= 0.3 is 6.18 Å². The Morgan fingerprint density at radius 2 is 2.00 bits per heavy atom. The van der Waals surface area contributed by atoms with Crippen LogP contribution < -0.4 is 5.32 Å². The number of hydrogen-bond acceptors (Lipinski definition) is 2. The fourth-order valence-electron chi connectivity index (χ4n) is 1.99. The van der Waals surface area contributed by atoms with Crippen LogP contribution in [0.5, 0.6) is 0 Å². The second kappa shape index (κ2) is 5.57. The second-order valence-corrected chi connectivity index (χ2v) is 5.22. The summed E-state index contributed by atoms with van der Waals surface area (Å²) in [6.45, 7) is 0. The predicted octanol–water partition coefficient (Wildman–Crippen LogP) is 3.51. The van der Waals surface area contributed by atoms with Crippen LogP contribution >= 0.6 is 15.9 Å². The van der Waals surface area contributed by atoms with E-state index in [0.717, 1.165) is 12.1 Å². The Hall–Kier alpha value is -1.34. The predicted molar refractivity (Wildman–Crippen MR) is 73.3 cm³/mol. The van der Waals surface area contributed by atoms with Crippen LogP contribution in [0.3, 0.4) is 0 Å². The standard InChI is InChI=1S/C13H13BrF3N3/c1-18-12(11-5-6-20(2)19-11)9-7-8(13(15,16)17)3-4-10(9)14/h3-7,12,18H,1-2H3. The van der Waals surface area contributed by atoms with Crippen LogP contribution in [0.15, 0.2) is 34.9 Å². The van der Waals surface area contributed by atoms with Crippen LogP contribution in [0, 0.1) is 0 Å². The second-order valence-electron chi connectivity index (χ2n) is 4.37. The summed E-state index contributed by atoms with van der Waals surface area (Å²) in [5.74, 6) is 0. The molecule has 1 aromatic heterocycles. The topological polar surface area (TPSA) is 29.9 Å². The molecule has 1 atom stereocenters. The summed E-state index contributed by atoms with van der Waals surface area (Å²) in [5.41, 5.74) is 0.489. The molecule has 0 amide bonds. The van der Waals surface area contributed by atoms with Gasteiger partial charge in [-0.2, -0.15) is 18.3 Å². The first-order chi connectivity index (χ1) is 9.32. The number of aryl methyl sites for hydroxylation is 1. The Labute approximate surface area is 122 Å². The number of alkyl halides is 3. The number of nitrogens with zero attached hydrogens (tertiary/aromatic N) is 2. The molecule has 2 rings (SSSR count). The molecule has 0 aliphatic rings. The zero-order valence-electron chi connectivity index (χ0n) is 10.9. The summed E-state index contributed by atoms with van der Waals surface area (Å²) < 4.78 is 40.7. The lowest BCUT2D eigenvalue weighted by Crippen LogP contribution is -2.20. The quantitative estimate of drug-likeness (QED) is 0.920. The molecule has 20 heavy (non-hydrogen) atoms. The molecular formula is C13H13BrF3N3. The summed E-state index contributed by atoms with van der Waals surface area (Å²) >= 11 is 3.30. The highest BCUT2D eigenvalue weighted by Gasteiger charge is 2.32. The number of nitrogens with one attached hydrogen (secondary N) is 1. The highest BCUT2D eigenvalue weighted by atomic mass is 79.9. The Kier molecular flexibility index (Phi) is 4.19. The summed E-state index contributed by atoms with van der Waals surface area (Å²) in [7, 11) is 3.45. The van der Waals surface area contributed by atoms with E-state index < -0.39 is 17.8 Å². The van der Waals surface area contributed by atoms with E-state index in [1.807, 2.05) is 0 Å². The van der Waals surface area contributed by atoms with Crippen molar-refractivity contribution in [3.8, 4) is 0 Å². The third-order valence-corrected chi connectivity index (χ3v) is 3.68. The average molecular weight is 348 g/mol. The van der Waals surface area contributed by atoms with E-state index >= 15 is 0 Å². The SMILES string of the molecule is CNC(c1ccn(C)n1)c1cc(C(F)(F)F)ccc1Br. The summed E-state index contributed by atoms with van der Waals surface area (Å²) in [5, 5.41) is 7.24. The first-order valence-corrected chi connectivity index (χ1v) is 6.65. The number of hydrogen-bond donors (Lipinski definition) is 1. The fraction of sp³-hybridized carbons (Fsp3) is 0.308. The molecule has 2 aromatic rings. The van der Waals surface area contributed by atoms with Crippen LogP contribution in [0.1, 0.15) is 22.9 Å². The maximum Gasteiger partial charge on any atom is 0.416 e. The molecule has 1 N–H and O–H groups in total. The van der Waals surface area contributed by atoms with Gasteiger partial charge in [-0.25, -0.2) is 0 Å². The minimum atomic E-state index is -4.36. The lowest BCUT2D eigenvalue weighted by atomic mass is 10.0. The molecule has 0 spiro atoms. The number of halogens is 4. The Morgan fingerprint density at radius 3 is 2.50 bits per heavy atom. The van der Waals surface area contributed by atoms with Crippen molar-refractivity contribution in [2.45, 2.75) is 12.2 Å². The Morgan fingerprint density at radius 1 is 1.30 bits per heavy atom. The molecule has 1 heterocycles. The first kappa shape index (κ1) is 15.1. The van der Waals surface area contributed by atoms with Crippen LogP contribution in [0.25, 0.3) is 0 Å². The van der Waals surface area contributed by atoms with E-state index in [1.54, 1.807) is 31.0 Å². The zero-order chi connectivity index (χ0) is 14.9. The molecule has 1 aromatic carbocycles. The van der Waals surface area contributed by atoms with E-state index in [-0.39, 0.29) is 0 Å². The molecule has 0 aliphatic carbocycles. The molecule has 0 fully saturated rings. The monoisotopic (exact) mass is 347 g/mol. The lowest BCUT2D eigenvalue weighted by Gasteiger charge is -2.18. The number of rotatable bonds is 3. The van der Waals surface area contributed by atoms with Crippen LogP contribution in [0.2, 0.25) is 0 Å². The molecule has 0 bridgehead atoms. The maximum atomic E-state index is 12.8. The summed E-state index contributed by atoms with van der Waals surface area (Å²) in [6, 6.07) is 4.96. The van der Waals surface area contributed by atoms with Gasteiger partial charge in [-0.05, 0) is 36.9 Å². The smallest absolute Gasteiger partial charge is 0.308 e. The first-order valence-electron chi connectivity index (χ1n) is 5.86. The van der Waals surface area contributed by atoms with Crippen molar-refractivity contribution in [3.63, 3.8) is 0 Å². The largest absolute Gasteiger partial charge is 0.416 e. The number of benzene rings is 1. The van der Waals surface area contributed by atoms with Crippen molar-refractivity contribution in [2.75, 3.05) is 7.05 Å². The van der Waals surface area contributed by atoms with Gasteiger partial charge in [-0.3, -0.25) is 4.68 Å². The van der Waals surface area contributed by atoms with Crippen molar-refractivity contribution in [1.29, 1.82) is 0 Å². The Bertz CT molecular complexity index is 607. The van der Waals surface area contributed by atoms with E-state index in [4.69, 9.17) is 0 Å². The minimum Gasteiger partial charge on any atom is -0.308 e. The van der Waals surface area contributed by atoms with Gasteiger partial charge in [-0.15, -0.1) is 0 Å². The van der Waals surface area contributed by atoms with Crippen molar-refractivity contribution >= 4 is 15.9 Å².